The molecule has 2 aromatic rings. The first-order chi connectivity index (χ1) is 11.6. The van der Waals surface area contributed by atoms with Crippen molar-refractivity contribution < 1.29 is 14.6 Å². The number of hydrogen-bond donors (Lipinski definition) is 2. The zero-order chi connectivity index (χ0) is 16.9. The van der Waals surface area contributed by atoms with Gasteiger partial charge in [0, 0.05) is 31.0 Å². The van der Waals surface area contributed by atoms with Gasteiger partial charge in [0.05, 0.1) is 18.8 Å². The lowest BCUT2D eigenvalue weighted by Gasteiger charge is -2.29. The fourth-order valence-electron chi connectivity index (χ4n) is 2.83. The van der Waals surface area contributed by atoms with E-state index in [0.717, 1.165) is 37.6 Å². The first-order valence-electron chi connectivity index (χ1n) is 8.13. The molecule has 24 heavy (non-hydrogen) atoms. The number of carboxylic acid groups (broad SMARTS) is 1. The Morgan fingerprint density at radius 1 is 1.21 bits per heavy atom. The Labute approximate surface area is 141 Å². The molecule has 1 saturated heterocycles. The van der Waals surface area contributed by atoms with E-state index in [1.54, 1.807) is 18.2 Å². The summed E-state index contributed by atoms with van der Waals surface area (Å²) in [4.78, 5) is 13.4. The van der Waals surface area contributed by atoms with Crippen LogP contribution in [0.5, 0.6) is 0 Å². The average molecular weight is 326 g/mol. The Balaban J connectivity index is 1.72. The quantitative estimate of drug-likeness (QED) is 0.884. The van der Waals surface area contributed by atoms with Crippen molar-refractivity contribution in [3.8, 4) is 0 Å². The van der Waals surface area contributed by atoms with E-state index in [0.29, 0.717) is 12.1 Å². The first-order valence-corrected chi connectivity index (χ1v) is 8.13. The van der Waals surface area contributed by atoms with E-state index >= 15 is 0 Å². The van der Waals surface area contributed by atoms with Gasteiger partial charge in [-0.25, -0.2) is 4.79 Å². The van der Waals surface area contributed by atoms with Gasteiger partial charge in [0.1, 0.15) is 0 Å². The number of aryl methyl sites for hydroxylation is 1. The maximum atomic E-state index is 11.1. The van der Waals surface area contributed by atoms with Crippen LogP contribution in [0.4, 0.5) is 11.4 Å². The number of aromatic carboxylic acids is 1. The van der Waals surface area contributed by atoms with E-state index in [9.17, 15) is 4.79 Å². The van der Waals surface area contributed by atoms with Gasteiger partial charge in [-0.2, -0.15) is 0 Å². The molecule has 5 heteroatoms. The van der Waals surface area contributed by atoms with Crippen LogP contribution in [-0.2, 0) is 11.3 Å². The SMILES string of the molecule is Cc1ccc(N2CCOCC2)cc1NCc1cccc(C(=O)O)c1. The fourth-order valence-corrected chi connectivity index (χ4v) is 2.83. The van der Waals surface area contributed by atoms with Crippen molar-refractivity contribution in [1.29, 1.82) is 0 Å². The maximum Gasteiger partial charge on any atom is 0.335 e. The Hall–Kier alpha value is -2.53. The van der Waals surface area contributed by atoms with E-state index < -0.39 is 5.97 Å². The summed E-state index contributed by atoms with van der Waals surface area (Å²) in [6.45, 7) is 6.00. The molecule has 0 unspecified atom stereocenters. The lowest BCUT2D eigenvalue weighted by atomic mass is 10.1. The van der Waals surface area contributed by atoms with Crippen LogP contribution in [0.3, 0.4) is 0 Å². The largest absolute Gasteiger partial charge is 0.478 e. The number of benzene rings is 2. The Morgan fingerprint density at radius 3 is 2.75 bits per heavy atom. The third-order valence-corrected chi connectivity index (χ3v) is 4.25. The van der Waals surface area contributed by atoms with Gasteiger partial charge >= 0.3 is 5.97 Å². The number of anilines is 2. The molecule has 3 rings (SSSR count). The number of nitrogens with zero attached hydrogens (tertiary/aromatic N) is 1. The molecule has 0 bridgehead atoms. The molecule has 0 atom stereocenters. The van der Waals surface area contributed by atoms with E-state index in [1.165, 1.54) is 11.3 Å². The van der Waals surface area contributed by atoms with Gasteiger partial charge in [0.25, 0.3) is 0 Å². The number of carbonyl (C=O) groups is 1. The monoisotopic (exact) mass is 326 g/mol. The lowest BCUT2D eigenvalue weighted by Crippen LogP contribution is -2.36. The molecule has 0 spiro atoms. The Bertz CT molecular complexity index is 724. The van der Waals surface area contributed by atoms with Crippen molar-refractivity contribution >= 4 is 17.3 Å². The van der Waals surface area contributed by atoms with Crippen LogP contribution < -0.4 is 10.2 Å². The normalized spacial score (nSPS) is 14.5. The van der Waals surface area contributed by atoms with E-state index in [1.807, 2.05) is 6.07 Å². The molecule has 1 aliphatic heterocycles. The minimum atomic E-state index is -0.901. The summed E-state index contributed by atoms with van der Waals surface area (Å²) >= 11 is 0. The van der Waals surface area contributed by atoms with Crippen molar-refractivity contribution in [3.63, 3.8) is 0 Å². The van der Waals surface area contributed by atoms with Gasteiger partial charge in [-0.3, -0.25) is 0 Å². The van der Waals surface area contributed by atoms with Crippen LogP contribution in [-0.4, -0.2) is 37.4 Å². The molecule has 2 N–H and O–H groups in total. The van der Waals surface area contributed by atoms with E-state index in [2.05, 4.69) is 35.3 Å². The standard InChI is InChI=1S/C19H22N2O3/c1-14-5-6-17(21-7-9-24-10-8-21)12-18(14)20-13-15-3-2-4-16(11-15)19(22)23/h2-6,11-12,20H,7-10,13H2,1H3,(H,22,23). The second kappa shape index (κ2) is 7.36. The second-order valence-corrected chi connectivity index (χ2v) is 5.96. The zero-order valence-corrected chi connectivity index (χ0v) is 13.8. The topological polar surface area (TPSA) is 61.8 Å². The van der Waals surface area contributed by atoms with Crippen molar-refractivity contribution in [1.82, 2.24) is 0 Å². The van der Waals surface area contributed by atoms with Crippen molar-refractivity contribution in [2.45, 2.75) is 13.5 Å². The van der Waals surface area contributed by atoms with Gasteiger partial charge in [-0.1, -0.05) is 18.2 Å². The van der Waals surface area contributed by atoms with Crippen molar-refractivity contribution in [2.24, 2.45) is 0 Å². The smallest absolute Gasteiger partial charge is 0.335 e. The minimum Gasteiger partial charge on any atom is -0.478 e. The second-order valence-electron chi connectivity index (χ2n) is 5.96. The first kappa shape index (κ1) is 16.3. The molecule has 1 heterocycles. The predicted octanol–water partition coefficient (Wildman–Crippen LogP) is 3.14. The summed E-state index contributed by atoms with van der Waals surface area (Å²) < 4.78 is 5.41. The summed E-state index contributed by atoms with van der Waals surface area (Å²) in [5.41, 5.74) is 4.69. The number of rotatable bonds is 5. The van der Waals surface area contributed by atoms with Crippen LogP contribution in [0.1, 0.15) is 21.5 Å². The lowest BCUT2D eigenvalue weighted by molar-refractivity contribution is 0.0696. The molecule has 2 aromatic carbocycles. The fraction of sp³-hybridized carbons (Fsp3) is 0.316. The highest BCUT2D eigenvalue weighted by Gasteiger charge is 2.12. The number of carboxylic acids is 1. The molecule has 0 amide bonds. The highest BCUT2D eigenvalue weighted by atomic mass is 16.5. The zero-order valence-electron chi connectivity index (χ0n) is 13.8. The van der Waals surface area contributed by atoms with Crippen LogP contribution in [0.2, 0.25) is 0 Å². The Kier molecular flexibility index (Phi) is 5.01. The van der Waals surface area contributed by atoms with Crippen LogP contribution in [0.15, 0.2) is 42.5 Å². The maximum absolute atomic E-state index is 11.1. The summed E-state index contributed by atoms with van der Waals surface area (Å²) in [5.74, 6) is -0.901. The van der Waals surface area contributed by atoms with Crippen LogP contribution >= 0.6 is 0 Å². The summed E-state index contributed by atoms with van der Waals surface area (Å²) in [6, 6.07) is 13.4. The van der Waals surface area contributed by atoms with Gasteiger partial charge in [0.2, 0.25) is 0 Å². The summed E-state index contributed by atoms with van der Waals surface area (Å²) in [6.07, 6.45) is 0. The molecule has 0 saturated carbocycles. The van der Waals surface area contributed by atoms with Gasteiger partial charge in [-0.15, -0.1) is 0 Å². The molecular formula is C19H22N2O3. The van der Waals surface area contributed by atoms with Crippen molar-refractivity contribution in [2.75, 3.05) is 36.5 Å². The summed E-state index contributed by atoms with van der Waals surface area (Å²) in [7, 11) is 0. The van der Waals surface area contributed by atoms with Gasteiger partial charge < -0.3 is 20.1 Å². The van der Waals surface area contributed by atoms with E-state index in [4.69, 9.17) is 9.84 Å². The third kappa shape index (κ3) is 3.86. The molecular weight excluding hydrogens is 304 g/mol. The molecule has 126 valence electrons. The molecule has 0 aromatic heterocycles. The molecule has 0 radical (unpaired) electrons. The molecule has 1 fully saturated rings. The van der Waals surface area contributed by atoms with Crippen LogP contribution in [0.25, 0.3) is 0 Å². The molecule has 1 aliphatic rings. The average Bonchev–Trinajstić information content (AvgIpc) is 2.62. The molecule has 0 aliphatic carbocycles. The number of morpholine rings is 1. The van der Waals surface area contributed by atoms with E-state index in [-0.39, 0.29) is 0 Å². The number of ether oxygens (including phenoxy) is 1. The third-order valence-electron chi connectivity index (χ3n) is 4.25. The highest BCUT2D eigenvalue weighted by Crippen LogP contribution is 2.24. The number of nitrogens with one attached hydrogen (secondary N) is 1. The minimum absolute atomic E-state index is 0.313. The Morgan fingerprint density at radius 2 is 2.00 bits per heavy atom. The van der Waals surface area contributed by atoms with Crippen LogP contribution in [0, 0.1) is 6.92 Å². The predicted molar refractivity (Wildman–Crippen MR) is 94.9 cm³/mol. The van der Waals surface area contributed by atoms with Gasteiger partial charge in [0.15, 0.2) is 0 Å². The summed E-state index contributed by atoms with van der Waals surface area (Å²) in [5, 5.41) is 12.5. The van der Waals surface area contributed by atoms with Crippen molar-refractivity contribution in [3.05, 3.63) is 59.2 Å². The molecule has 5 nitrogen and oxygen atoms in total. The highest BCUT2D eigenvalue weighted by molar-refractivity contribution is 5.87. The number of hydrogen-bond acceptors (Lipinski definition) is 4. The van der Waals surface area contributed by atoms with Gasteiger partial charge in [-0.05, 0) is 42.3 Å².